The van der Waals surface area contributed by atoms with Crippen LogP contribution in [0, 0.1) is 9.39 Å². The van der Waals surface area contributed by atoms with Crippen molar-refractivity contribution in [1.82, 2.24) is 0 Å². The number of benzene rings is 2. The van der Waals surface area contributed by atoms with E-state index in [1.54, 1.807) is 12.1 Å². The van der Waals surface area contributed by atoms with Crippen molar-refractivity contribution in [2.24, 2.45) is 0 Å². The van der Waals surface area contributed by atoms with Crippen LogP contribution in [0.4, 0.5) is 10.1 Å². The zero-order chi connectivity index (χ0) is 14.7. The highest BCUT2D eigenvalue weighted by molar-refractivity contribution is 14.1. The molecular formula is C14H11FINO3. The van der Waals surface area contributed by atoms with Gasteiger partial charge in [0.05, 0.1) is 12.7 Å². The number of hydrogen-bond donors (Lipinski definition) is 1. The SMILES string of the molecule is COC(=O)c1cc(Oc2ccc(I)cc2)c(F)cc1N. The Morgan fingerprint density at radius 3 is 2.50 bits per heavy atom. The van der Waals surface area contributed by atoms with Gasteiger partial charge in [-0.2, -0.15) is 0 Å². The number of ether oxygens (including phenoxy) is 2. The first kappa shape index (κ1) is 14.6. The highest BCUT2D eigenvalue weighted by Gasteiger charge is 2.16. The standard InChI is InChI=1S/C14H11FINO3/c1-19-14(18)10-6-13(11(15)7-12(10)17)20-9-4-2-8(16)3-5-9/h2-7H,17H2,1H3. The van der Waals surface area contributed by atoms with E-state index in [0.717, 1.165) is 9.64 Å². The maximum absolute atomic E-state index is 13.8. The lowest BCUT2D eigenvalue weighted by molar-refractivity contribution is 0.0601. The fourth-order valence-corrected chi connectivity index (χ4v) is 1.92. The monoisotopic (exact) mass is 387 g/mol. The van der Waals surface area contributed by atoms with Crippen molar-refractivity contribution in [3.8, 4) is 11.5 Å². The van der Waals surface area contributed by atoms with Gasteiger partial charge in [0, 0.05) is 21.4 Å². The summed E-state index contributed by atoms with van der Waals surface area (Å²) in [5, 5.41) is 0. The lowest BCUT2D eigenvalue weighted by atomic mass is 10.1. The average Bonchev–Trinajstić information content (AvgIpc) is 2.43. The van der Waals surface area contributed by atoms with E-state index in [2.05, 4.69) is 27.3 Å². The number of rotatable bonds is 3. The zero-order valence-corrected chi connectivity index (χ0v) is 12.7. The highest BCUT2D eigenvalue weighted by Crippen LogP contribution is 2.29. The summed E-state index contributed by atoms with van der Waals surface area (Å²) in [7, 11) is 1.23. The van der Waals surface area contributed by atoms with Crippen molar-refractivity contribution in [3.63, 3.8) is 0 Å². The van der Waals surface area contributed by atoms with Gasteiger partial charge < -0.3 is 15.2 Å². The van der Waals surface area contributed by atoms with Crippen LogP contribution in [0.2, 0.25) is 0 Å². The number of carbonyl (C=O) groups excluding carboxylic acids is 1. The lowest BCUT2D eigenvalue weighted by Gasteiger charge is -2.10. The summed E-state index contributed by atoms with van der Waals surface area (Å²) >= 11 is 2.15. The van der Waals surface area contributed by atoms with Crippen LogP contribution < -0.4 is 10.5 Å². The maximum atomic E-state index is 13.8. The van der Waals surface area contributed by atoms with Gasteiger partial charge in [0.2, 0.25) is 0 Å². The van der Waals surface area contributed by atoms with Gasteiger partial charge in [-0.3, -0.25) is 0 Å². The summed E-state index contributed by atoms with van der Waals surface area (Å²) in [4.78, 5) is 11.5. The van der Waals surface area contributed by atoms with Gasteiger partial charge in [-0.15, -0.1) is 0 Å². The molecule has 0 aliphatic carbocycles. The van der Waals surface area contributed by atoms with Crippen molar-refractivity contribution in [3.05, 3.63) is 51.3 Å². The van der Waals surface area contributed by atoms with Gasteiger partial charge in [-0.1, -0.05) is 0 Å². The second kappa shape index (κ2) is 6.08. The molecule has 0 aliphatic rings. The number of methoxy groups -OCH3 is 1. The highest BCUT2D eigenvalue weighted by atomic mass is 127. The molecule has 6 heteroatoms. The second-order valence-corrected chi connectivity index (χ2v) is 5.16. The maximum Gasteiger partial charge on any atom is 0.340 e. The van der Waals surface area contributed by atoms with Gasteiger partial charge in [-0.25, -0.2) is 9.18 Å². The molecule has 0 heterocycles. The fourth-order valence-electron chi connectivity index (χ4n) is 1.56. The Labute approximate surface area is 128 Å². The van der Waals surface area contributed by atoms with E-state index in [1.165, 1.54) is 13.2 Å². The Kier molecular flexibility index (Phi) is 4.43. The van der Waals surface area contributed by atoms with Gasteiger partial charge in [0.15, 0.2) is 11.6 Å². The Morgan fingerprint density at radius 1 is 1.25 bits per heavy atom. The molecule has 0 aromatic heterocycles. The fraction of sp³-hybridized carbons (Fsp3) is 0.0714. The normalized spacial score (nSPS) is 10.2. The molecule has 2 aromatic rings. The van der Waals surface area contributed by atoms with Gasteiger partial charge >= 0.3 is 5.97 Å². The van der Waals surface area contributed by atoms with Gasteiger partial charge in [0.1, 0.15) is 5.75 Å². The van der Waals surface area contributed by atoms with E-state index in [9.17, 15) is 9.18 Å². The first-order chi connectivity index (χ1) is 9.51. The third-order valence-corrected chi connectivity index (χ3v) is 3.27. The van der Waals surface area contributed by atoms with Crippen LogP contribution in [0.5, 0.6) is 11.5 Å². The lowest BCUT2D eigenvalue weighted by Crippen LogP contribution is -2.06. The summed E-state index contributed by atoms with van der Waals surface area (Å²) in [5.74, 6) is -0.908. The predicted molar refractivity (Wildman–Crippen MR) is 81.4 cm³/mol. The van der Waals surface area contributed by atoms with E-state index in [0.29, 0.717) is 5.75 Å². The number of esters is 1. The number of carbonyl (C=O) groups is 1. The van der Waals surface area contributed by atoms with E-state index in [-0.39, 0.29) is 17.0 Å². The largest absolute Gasteiger partial charge is 0.465 e. The third-order valence-electron chi connectivity index (χ3n) is 2.55. The van der Waals surface area contributed by atoms with Crippen LogP contribution >= 0.6 is 22.6 Å². The molecule has 0 spiro atoms. The first-order valence-corrected chi connectivity index (χ1v) is 6.70. The molecule has 2 rings (SSSR count). The van der Waals surface area contributed by atoms with Crippen LogP contribution in [0.15, 0.2) is 36.4 Å². The summed E-state index contributed by atoms with van der Waals surface area (Å²) < 4.78 is 24.8. The molecule has 2 N–H and O–H groups in total. The van der Waals surface area contributed by atoms with Crippen LogP contribution in [0.3, 0.4) is 0 Å². The number of hydrogen-bond acceptors (Lipinski definition) is 4. The van der Waals surface area contributed by atoms with E-state index in [1.807, 2.05) is 12.1 Å². The topological polar surface area (TPSA) is 61.5 Å². The molecule has 0 bridgehead atoms. The second-order valence-electron chi connectivity index (χ2n) is 3.92. The number of nitrogens with two attached hydrogens (primary N) is 1. The number of anilines is 1. The molecule has 0 aliphatic heterocycles. The van der Waals surface area contributed by atoms with Crippen molar-refractivity contribution in [1.29, 1.82) is 0 Å². The minimum Gasteiger partial charge on any atom is -0.465 e. The van der Waals surface area contributed by atoms with Gasteiger partial charge in [0.25, 0.3) is 0 Å². The van der Waals surface area contributed by atoms with E-state index in [4.69, 9.17) is 10.5 Å². The summed E-state index contributed by atoms with van der Waals surface area (Å²) in [6, 6.07) is 9.33. The number of nitrogen functional groups attached to an aromatic ring is 1. The molecule has 0 radical (unpaired) electrons. The van der Waals surface area contributed by atoms with E-state index >= 15 is 0 Å². The predicted octanol–water partition coefficient (Wildman–Crippen LogP) is 3.59. The first-order valence-electron chi connectivity index (χ1n) is 5.62. The van der Waals surface area contributed by atoms with E-state index < -0.39 is 11.8 Å². The van der Waals surface area contributed by atoms with Crippen molar-refractivity contribution in [2.75, 3.05) is 12.8 Å². The minimum atomic E-state index is -0.645. The molecule has 20 heavy (non-hydrogen) atoms. The Bertz CT molecular complexity index is 644. The van der Waals surface area contributed by atoms with Crippen molar-refractivity contribution in [2.45, 2.75) is 0 Å². The molecule has 2 aromatic carbocycles. The van der Waals surface area contributed by atoms with Crippen LogP contribution in [-0.4, -0.2) is 13.1 Å². The molecule has 4 nitrogen and oxygen atoms in total. The minimum absolute atomic E-state index is 0.00399. The van der Waals surface area contributed by atoms with Crippen molar-refractivity contribution < 1.29 is 18.7 Å². The molecule has 104 valence electrons. The Morgan fingerprint density at radius 2 is 1.90 bits per heavy atom. The molecular weight excluding hydrogens is 376 g/mol. The van der Waals surface area contributed by atoms with Crippen LogP contribution in [0.1, 0.15) is 10.4 Å². The number of halogens is 2. The van der Waals surface area contributed by atoms with Gasteiger partial charge in [-0.05, 0) is 46.9 Å². The Balaban J connectivity index is 2.36. The quantitative estimate of drug-likeness (QED) is 0.497. The molecule has 0 saturated carbocycles. The average molecular weight is 387 g/mol. The Hall–Kier alpha value is -1.83. The molecule has 0 saturated heterocycles. The smallest absolute Gasteiger partial charge is 0.340 e. The van der Waals surface area contributed by atoms with Crippen molar-refractivity contribution >= 4 is 34.2 Å². The molecule has 0 unspecified atom stereocenters. The molecule has 0 atom stereocenters. The van der Waals surface area contributed by atoms with Crippen LogP contribution in [0.25, 0.3) is 0 Å². The molecule has 0 fully saturated rings. The summed E-state index contributed by atoms with van der Waals surface area (Å²) in [5.41, 5.74) is 5.65. The molecule has 0 amide bonds. The summed E-state index contributed by atoms with van der Waals surface area (Å²) in [6.45, 7) is 0. The third kappa shape index (κ3) is 3.19. The summed E-state index contributed by atoms with van der Waals surface area (Å²) in [6.07, 6.45) is 0. The zero-order valence-electron chi connectivity index (χ0n) is 10.5. The van der Waals surface area contributed by atoms with Crippen LogP contribution in [-0.2, 0) is 4.74 Å².